The summed E-state index contributed by atoms with van der Waals surface area (Å²) >= 11 is 0. The van der Waals surface area contributed by atoms with Crippen molar-refractivity contribution in [1.29, 1.82) is 0 Å². The number of pyridine rings is 1. The predicted molar refractivity (Wildman–Crippen MR) is 101 cm³/mol. The van der Waals surface area contributed by atoms with Gasteiger partial charge >= 0.3 is 0 Å². The monoisotopic (exact) mass is 360 g/mol. The molecular formula is C21H20N4O2. The van der Waals surface area contributed by atoms with E-state index in [4.69, 9.17) is 4.74 Å². The van der Waals surface area contributed by atoms with Crippen LogP contribution < -0.4 is 4.74 Å². The molecule has 1 aliphatic heterocycles. The Morgan fingerprint density at radius 1 is 1.15 bits per heavy atom. The highest BCUT2D eigenvalue weighted by Gasteiger charge is 2.32. The van der Waals surface area contributed by atoms with Crippen LogP contribution >= 0.6 is 0 Å². The van der Waals surface area contributed by atoms with Gasteiger partial charge in [-0.25, -0.2) is 9.97 Å². The Balaban J connectivity index is 1.55. The number of likely N-dealkylation sites (tertiary alicyclic amines) is 1. The molecular weight excluding hydrogens is 340 g/mol. The van der Waals surface area contributed by atoms with Crippen molar-refractivity contribution >= 4 is 5.91 Å². The maximum Gasteiger partial charge on any atom is 0.274 e. The van der Waals surface area contributed by atoms with Gasteiger partial charge in [-0.15, -0.1) is 0 Å². The van der Waals surface area contributed by atoms with E-state index in [2.05, 4.69) is 15.0 Å². The molecule has 3 aromatic rings. The fourth-order valence-electron chi connectivity index (χ4n) is 3.27. The number of ether oxygens (including phenoxy) is 1. The van der Waals surface area contributed by atoms with Crippen molar-refractivity contribution in [2.24, 2.45) is 0 Å². The molecule has 0 unspecified atom stereocenters. The molecule has 0 saturated carbocycles. The van der Waals surface area contributed by atoms with Crippen molar-refractivity contribution in [3.63, 3.8) is 0 Å². The van der Waals surface area contributed by atoms with Crippen LogP contribution in [0.15, 0.2) is 61.1 Å². The fourth-order valence-corrected chi connectivity index (χ4v) is 3.27. The van der Waals surface area contributed by atoms with Crippen LogP contribution in [0.2, 0.25) is 0 Å². The molecule has 0 bridgehead atoms. The van der Waals surface area contributed by atoms with Crippen LogP contribution in [0.25, 0.3) is 0 Å². The molecule has 1 amide bonds. The minimum Gasteiger partial charge on any atom is -0.439 e. The molecule has 2 aromatic heterocycles. The second-order valence-electron chi connectivity index (χ2n) is 6.56. The first-order valence-corrected chi connectivity index (χ1v) is 8.99. The second kappa shape index (κ2) is 7.53. The highest BCUT2D eigenvalue weighted by atomic mass is 16.5. The molecule has 1 saturated heterocycles. The number of amides is 1. The summed E-state index contributed by atoms with van der Waals surface area (Å²) in [5.41, 5.74) is 2.36. The van der Waals surface area contributed by atoms with Crippen LogP contribution in [0.1, 0.15) is 40.6 Å². The van der Waals surface area contributed by atoms with E-state index in [0.29, 0.717) is 18.1 Å². The molecule has 0 N–H and O–H groups in total. The molecule has 1 fully saturated rings. The Morgan fingerprint density at radius 3 is 2.78 bits per heavy atom. The molecule has 6 heteroatoms. The van der Waals surface area contributed by atoms with Gasteiger partial charge in [-0.05, 0) is 38.0 Å². The fraction of sp³-hybridized carbons (Fsp3) is 0.238. The minimum absolute atomic E-state index is 0.0823. The van der Waals surface area contributed by atoms with Gasteiger partial charge in [0.1, 0.15) is 11.4 Å². The average Bonchev–Trinajstić information content (AvgIpc) is 3.20. The maximum absolute atomic E-state index is 12.8. The number of nitrogens with zero attached hydrogens (tertiary/aromatic N) is 4. The molecule has 1 atom stereocenters. The Labute approximate surface area is 157 Å². The third-order valence-corrected chi connectivity index (χ3v) is 4.63. The molecule has 0 spiro atoms. The molecule has 1 aromatic carbocycles. The van der Waals surface area contributed by atoms with Gasteiger partial charge in [-0.2, -0.15) is 0 Å². The van der Waals surface area contributed by atoms with Gasteiger partial charge in [0.05, 0.1) is 17.9 Å². The number of carbonyl (C=O) groups is 1. The van der Waals surface area contributed by atoms with Crippen molar-refractivity contribution in [2.75, 3.05) is 6.54 Å². The summed E-state index contributed by atoms with van der Waals surface area (Å²) in [5, 5.41) is 0. The topological polar surface area (TPSA) is 68.2 Å². The lowest BCUT2D eigenvalue weighted by molar-refractivity contribution is 0.0726. The van der Waals surface area contributed by atoms with Crippen LogP contribution in [0.3, 0.4) is 0 Å². The van der Waals surface area contributed by atoms with Gasteiger partial charge in [0.25, 0.3) is 5.91 Å². The summed E-state index contributed by atoms with van der Waals surface area (Å²) in [6.07, 6.45) is 6.40. The van der Waals surface area contributed by atoms with Gasteiger partial charge in [-0.1, -0.05) is 23.8 Å². The average molecular weight is 360 g/mol. The highest BCUT2D eigenvalue weighted by molar-refractivity contribution is 5.92. The molecule has 1 aliphatic rings. The lowest BCUT2D eigenvalue weighted by atomic mass is 10.1. The van der Waals surface area contributed by atoms with Gasteiger partial charge in [-0.3, -0.25) is 9.78 Å². The van der Waals surface area contributed by atoms with Gasteiger partial charge in [0.15, 0.2) is 0 Å². The van der Waals surface area contributed by atoms with Gasteiger partial charge in [0.2, 0.25) is 5.88 Å². The van der Waals surface area contributed by atoms with Crippen LogP contribution in [-0.4, -0.2) is 32.3 Å². The van der Waals surface area contributed by atoms with E-state index in [-0.39, 0.29) is 11.9 Å². The van der Waals surface area contributed by atoms with Crippen molar-refractivity contribution in [1.82, 2.24) is 19.9 Å². The summed E-state index contributed by atoms with van der Waals surface area (Å²) in [4.78, 5) is 27.4. The normalized spacial score (nSPS) is 16.3. The SMILES string of the molecule is Cc1ccc(Oc2cccc([C@H]3CCCN3C(=O)c3cnccn3)n2)cc1. The number of hydrogen-bond acceptors (Lipinski definition) is 5. The largest absolute Gasteiger partial charge is 0.439 e. The van der Waals surface area contributed by atoms with E-state index in [0.717, 1.165) is 24.3 Å². The van der Waals surface area contributed by atoms with Crippen molar-refractivity contribution in [3.05, 3.63) is 78.0 Å². The standard InChI is InChI=1S/C21H20N4O2/c1-15-7-9-16(10-8-15)27-20-6-2-4-17(24-20)19-5-3-13-25(19)21(26)18-14-22-11-12-23-18/h2,4,6-12,14,19H,3,5,13H2,1H3/t19-/m1/s1. The van der Waals surface area contributed by atoms with Crippen LogP contribution in [0.4, 0.5) is 0 Å². The number of aromatic nitrogens is 3. The van der Waals surface area contributed by atoms with Crippen molar-refractivity contribution in [2.45, 2.75) is 25.8 Å². The first-order valence-electron chi connectivity index (χ1n) is 8.99. The third-order valence-electron chi connectivity index (χ3n) is 4.63. The molecule has 4 rings (SSSR count). The van der Waals surface area contributed by atoms with Crippen LogP contribution in [-0.2, 0) is 0 Å². The summed E-state index contributed by atoms with van der Waals surface area (Å²) in [6, 6.07) is 13.4. The van der Waals surface area contributed by atoms with Crippen LogP contribution in [0.5, 0.6) is 11.6 Å². The van der Waals surface area contributed by atoms with E-state index < -0.39 is 0 Å². The number of benzene rings is 1. The van der Waals surface area contributed by atoms with Crippen LogP contribution in [0, 0.1) is 6.92 Å². The van der Waals surface area contributed by atoms with E-state index >= 15 is 0 Å². The lowest BCUT2D eigenvalue weighted by Gasteiger charge is -2.24. The third kappa shape index (κ3) is 3.79. The second-order valence-corrected chi connectivity index (χ2v) is 6.56. The molecule has 3 heterocycles. The first kappa shape index (κ1) is 17.1. The van der Waals surface area contributed by atoms with E-state index in [1.165, 1.54) is 18.0 Å². The summed E-state index contributed by atoms with van der Waals surface area (Å²) in [6.45, 7) is 2.72. The number of rotatable bonds is 4. The number of hydrogen-bond donors (Lipinski definition) is 0. The summed E-state index contributed by atoms with van der Waals surface area (Å²) in [5.74, 6) is 1.15. The van der Waals surface area contributed by atoms with Gasteiger partial charge < -0.3 is 9.64 Å². The Hall–Kier alpha value is -3.28. The quantitative estimate of drug-likeness (QED) is 0.705. The molecule has 27 heavy (non-hydrogen) atoms. The first-order chi connectivity index (χ1) is 13.2. The van der Waals surface area contributed by atoms with E-state index in [9.17, 15) is 4.79 Å². The van der Waals surface area contributed by atoms with E-state index in [1.807, 2.05) is 54.3 Å². The van der Waals surface area contributed by atoms with Crippen molar-refractivity contribution in [3.8, 4) is 11.6 Å². The Morgan fingerprint density at radius 2 is 2.00 bits per heavy atom. The number of carbonyl (C=O) groups excluding carboxylic acids is 1. The molecule has 136 valence electrons. The molecule has 6 nitrogen and oxygen atoms in total. The lowest BCUT2D eigenvalue weighted by Crippen LogP contribution is -2.31. The zero-order chi connectivity index (χ0) is 18.6. The van der Waals surface area contributed by atoms with E-state index in [1.54, 1.807) is 6.20 Å². The Kier molecular flexibility index (Phi) is 4.78. The highest BCUT2D eigenvalue weighted by Crippen LogP contribution is 2.33. The predicted octanol–water partition coefficient (Wildman–Crippen LogP) is 3.95. The smallest absolute Gasteiger partial charge is 0.274 e. The Bertz CT molecular complexity index is 928. The minimum atomic E-state index is -0.114. The zero-order valence-corrected chi connectivity index (χ0v) is 15.1. The maximum atomic E-state index is 12.8. The summed E-state index contributed by atoms with van der Waals surface area (Å²) < 4.78 is 5.88. The van der Waals surface area contributed by atoms with Crippen molar-refractivity contribution < 1.29 is 9.53 Å². The zero-order valence-electron chi connectivity index (χ0n) is 15.1. The van der Waals surface area contributed by atoms with Gasteiger partial charge in [0, 0.05) is 25.0 Å². The molecule has 0 aliphatic carbocycles. The summed E-state index contributed by atoms with van der Waals surface area (Å²) in [7, 11) is 0. The molecule has 0 radical (unpaired) electrons. The number of aryl methyl sites for hydroxylation is 1.